The summed E-state index contributed by atoms with van der Waals surface area (Å²) in [6.45, 7) is 1.54. The summed E-state index contributed by atoms with van der Waals surface area (Å²) in [7, 11) is -3.02. The minimum Gasteiger partial charge on any atom is -0.454 e. The third-order valence-electron chi connectivity index (χ3n) is 4.31. The molecule has 1 aliphatic heterocycles. The van der Waals surface area contributed by atoms with Crippen molar-refractivity contribution in [3.63, 3.8) is 0 Å². The molecule has 2 aromatic rings. The minimum atomic E-state index is -3.02. The molecule has 2 atom stereocenters. The van der Waals surface area contributed by atoms with Crippen molar-refractivity contribution in [1.29, 1.82) is 0 Å². The van der Waals surface area contributed by atoms with Crippen LogP contribution in [0.25, 0.3) is 10.9 Å². The molecular formula is C17H19NO5S. The van der Waals surface area contributed by atoms with Crippen molar-refractivity contribution in [3.8, 4) is 0 Å². The van der Waals surface area contributed by atoms with E-state index in [1.807, 2.05) is 24.3 Å². The maximum Gasteiger partial charge on any atom is 0.306 e. The summed E-state index contributed by atoms with van der Waals surface area (Å²) in [6, 6.07) is 7.40. The van der Waals surface area contributed by atoms with Crippen LogP contribution < -0.4 is 0 Å². The van der Waals surface area contributed by atoms with Gasteiger partial charge in [-0.25, -0.2) is 8.42 Å². The molecule has 0 amide bonds. The number of aromatic nitrogens is 1. The molecule has 0 unspecified atom stereocenters. The van der Waals surface area contributed by atoms with E-state index >= 15 is 0 Å². The molecule has 6 nitrogen and oxygen atoms in total. The predicted molar refractivity (Wildman–Crippen MR) is 89.6 cm³/mol. The topological polar surface area (TPSA) is 93.3 Å². The molecule has 0 aliphatic carbocycles. The lowest BCUT2D eigenvalue weighted by molar-refractivity contribution is -0.147. The predicted octanol–water partition coefficient (Wildman–Crippen LogP) is 2.11. The van der Waals surface area contributed by atoms with Gasteiger partial charge in [0.1, 0.15) is 0 Å². The summed E-state index contributed by atoms with van der Waals surface area (Å²) in [5.41, 5.74) is 1.32. The molecular weight excluding hydrogens is 330 g/mol. The van der Waals surface area contributed by atoms with Gasteiger partial charge in [-0.05, 0) is 25.3 Å². The van der Waals surface area contributed by atoms with E-state index < -0.39 is 21.9 Å². The number of benzene rings is 1. The van der Waals surface area contributed by atoms with Crippen LogP contribution in [-0.4, -0.2) is 42.8 Å². The molecule has 1 aromatic heterocycles. The number of esters is 1. The van der Waals surface area contributed by atoms with Gasteiger partial charge in [-0.15, -0.1) is 0 Å². The molecule has 1 saturated heterocycles. The van der Waals surface area contributed by atoms with Gasteiger partial charge >= 0.3 is 5.97 Å². The van der Waals surface area contributed by atoms with Crippen LogP contribution in [0.2, 0.25) is 0 Å². The average molecular weight is 349 g/mol. The van der Waals surface area contributed by atoms with Gasteiger partial charge in [0.05, 0.1) is 11.5 Å². The number of ether oxygens (including phenoxy) is 1. The quantitative estimate of drug-likeness (QED) is 0.659. The number of rotatable bonds is 5. The van der Waals surface area contributed by atoms with Crippen LogP contribution in [-0.2, 0) is 19.4 Å². The highest BCUT2D eigenvalue weighted by molar-refractivity contribution is 7.91. The SMILES string of the molecule is C[C@@H](OC(=O)C[C@@H]1CCS(=O)(=O)C1)C(=O)c1c[nH]c2ccccc12. The first-order chi connectivity index (χ1) is 11.4. The van der Waals surface area contributed by atoms with Gasteiger partial charge in [0, 0.05) is 29.1 Å². The molecule has 128 valence electrons. The second-order valence-corrected chi connectivity index (χ2v) is 8.45. The van der Waals surface area contributed by atoms with E-state index in [1.54, 1.807) is 6.20 Å². The Morgan fingerprint density at radius 2 is 2.08 bits per heavy atom. The summed E-state index contributed by atoms with van der Waals surface area (Å²) >= 11 is 0. The molecule has 0 radical (unpaired) electrons. The fourth-order valence-electron chi connectivity index (χ4n) is 3.06. The number of ketones is 1. The lowest BCUT2D eigenvalue weighted by Gasteiger charge is -2.13. The van der Waals surface area contributed by atoms with Gasteiger partial charge in [0.25, 0.3) is 0 Å². The molecule has 0 spiro atoms. The Kier molecular flexibility index (Phi) is 4.45. The number of nitrogens with one attached hydrogen (secondary N) is 1. The fourth-order valence-corrected chi connectivity index (χ4v) is 4.92. The number of para-hydroxylation sites is 1. The highest BCUT2D eigenvalue weighted by Crippen LogP contribution is 2.23. The van der Waals surface area contributed by atoms with Gasteiger partial charge in [-0.3, -0.25) is 9.59 Å². The zero-order valence-electron chi connectivity index (χ0n) is 13.3. The van der Waals surface area contributed by atoms with Crippen molar-refractivity contribution in [2.24, 2.45) is 5.92 Å². The van der Waals surface area contributed by atoms with E-state index in [4.69, 9.17) is 4.74 Å². The number of carbonyl (C=O) groups is 2. The largest absolute Gasteiger partial charge is 0.454 e. The number of H-pyrrole nitrogens is 1. The van der Waals surface area contributed by atoms with Crippen LogP contribution in [0.5, 0.6) is 0 Å². The highest BCUT2D eigenvalue weighted by Gasteiger charge is 2.31. The van der Waals surface area contributed by atoms with E-state index in [0.29, 0.717) is 12.0 Å². The van der Waals surface area contributed by atoms with Crippen LogP contribution in [0, 0.1) is 5.92 Å². The molecule has 1 N–H and O–H groups in total. The summed E-state index contributed by atoms with van der Waals surface area (Å²) in [6.07, 6.45) is 1.21. The Bertz CT molecular complexity index is 883. The van der Waals surface area contributed by atoms with E-state index in [1.165, 1.54) is 6.92 Å². The zero-order valence-corrected chi connectivity index (χ0v) is 14.1. The second-order valence-electron chi connectivity index (χ2n) is 6.22. The lowest BCUT2D eigenvalue weighted by Crippen LogP contribution is -2.25. The van der Waals surface area contributed by atoms with Crippen molar-refractivity contribution in [1.82, 2.24) is 4.98 Å². The lowest BCUT2D eigenvalue weighted by atomic mass is 10.0. The number of aromatic amines is 1. The van der Waals surface area contributed by atoms with Gasteiger partial charge in [-0.1, -0.05) is 18.2 Å². The second kappa shape index (κ2) is 6.39. The van der Waals surface area contributed by atoms with Crippen LogP contribution >= 0.6 is 0 Å². The van der Waals surface area contributed by atoms with Crippen LogP contribution in [0.4, 0.5) is 0 Å². The molecule has 3 rings (SSSR count). The van der Waals surface area contributed by atoms with Crippen molar-refractivity contribution in [2.75, 3.05) is 11.5 Å². The van der Waals surface area contributed by atoms with Gasteiger partial charge in [0.2, 0.25) is 5.78 Å². The van der Waals surface area contributed by atoms with Gasteiger partial charge < -0.3 is 9.72 Å². The maximum absolute atomic E-state index is 12.5. The first-order valence-electron chi connectivity index (χ1n) is 7.86. The molecule has 2 heterocycles. The van der Waals surface area contributed by atoms with Gasteiger partial charge in [0.15, 0.2) is 15.9 Å². The molecule has 0 bridgehead atoms. The van der Waals surface area contributed by atoms with Gasteiger partial charge in [-0.2, -0.15) is 0 Å². The Hall–Kier alpha value is -2.15. The number of sulfone groups is 1. The molecule has 1 aliphatic rings. The standard InChI is InChI=1S/C17H19NO5S/c1-11(23-16(19)8-12-6-7-24(21,22)10-12)17(20)14-9-18-15-5-3-2-4-13(14)15/h2-5,9,11-12,18H,6-8,10H2,1H3/t11-,12+/m1/s1. The number of fused-ring (bicyclic) bond motifs is 1. The van der Waals surface area contributed by atoms with Crippen molar-refractivity contribution < 1.29 is 22.7 Å². The number of hydrogen-bond donors (Lipinski definition) is 1. The third kappa shape index (κ3) is 3.51. The molecule has 7 heteroatoms. The summed E-state index contributed by atoms with van der Waals surface area (Å²) in [5, 5.41) is 0.785. The van der Waals surface area contributed by atoms with Crippen molar-refractivity contribution >= 4 is 32.5 Å². The molecule has 1 aromatic carbocycles. The van der Waals surface area contributed by atoms with E-state index in [-0.39, 0.29) is 29.6 Å². The minimum absolute atomic E-state index is 0.0207. The normalized spacial score (nSPS) is 20.8. The summed E-state index contributed by atoms with van der Waals surface area (Å²) in [4.78, 5) is 27.5. The first-order valence-corrected chi connectivity index (χ1v) is 9.68. The number of carbonyl (C=O) groups excluding carboxylic acids is 2. The van der Waals surface area contributed by atoms with E-state index in [2.05, 4.69) is 4.98 Å². The molecule has 1 fully saturated rings. The summed E-state index contributed by atoms with van der Waals surface area (Å²) in [5.74, 6) is -0.878. The Balaban J connectivity index is 1.63. The fraction of sp³-hybridized carbons (Fsp3) is 0.412. The molecule has 24 heavy (non-hydrogen) atoms. The van der Waals surface area contributed by atoms with Crippen molar-refractivity contribution in [2.45, 2.75) is 25.9 Å². The first kappa shape index (κ1) is 16.7. The Morgan fingerprint density at radius 1 is 1.33 bits per heavy atom. The highest BCUT2D eigenvalue weighted by atomic mass is 32.2. The number of Topliss-reactive ketones (excluding diaryl/α,β-unsaturated/α-hetero) is 1. The van der Waals surface area contributed by atoms with Crippen LogP contribution in [0.3, 0.4) is 0 Å². The smallest absolute Gasteiger partial charge is 0.306 e. The van der Waals surface area contributed by atoms with Crippen molar-refractivity contribution in [3.05, 3.63) is 36.0 Å². The monoisotopic (exact) mass is 349 g/mol. The zero-order chi connectivity index (χ0) is 17.3. The molecule has 0 saturated carbocycles. The Morgan fingerprint density at radius 3 is 2.79 bits per heavy atom. The number of hydrogen-bond acceptors (Lipinski definition) is 5. The average Bonchev–Trinajstić information content (AvgIpc) is 3.09. The van der Waals surface area contributed by atoms with E-state index in [0.717, 1.165) is 10.9 Å². The third-order valence-corrected chi connectivity index (χ3v) is 6.15. The maximum atomic E-state index is 12.5. The Labute approximate surface area is 140 Å². The van der Waals surface area contributed by atoms with Crippen LogP contribution in [0.1, 0.15) is 30.1 Å². The van der Waals surface area contributed by atoms with Crippen LogP contribution in [0.15, 0.2) is 30.5 Å². The van der Waals surface area contributed by atoms with E-state index in [9.17, 15) is 18.0 Å². The summed E-state index contributed by atoms with van der Waals surface area (Å²) < 4.78 is 28.1.